The van der Waals surface area contributed by atoms with E-state index in [-0.39, 0.29) is 17.0 Å². The SMILES string of the molecule is Nc1ncnc2c1ncn2C1CC(CCP(=O)(O)O)(C(F)(F)F)CO1. The van der Waals surface area contributed by atoms with Crippen LogP contribution in [-0.4, -0.2) is 48.3 Å². The zero-order valence-corrected chi connectivity index (χ0v) is 13.6. The molecule has 13 heteroatoms. The van der Waals surface area contributed by atoms with Gasteiger partial charge in [-0.3, -0.25) is 9.13 Å². The van der Waals surface area contributed by atoms with Crippen LogP contribution in [0.15, 0.2) is 12.7 Å². The predicted octanol–water partition coefficient (Wildman–Crippen LogP) is 1.44. The molecule has 138 valence electrons. The van der Waals surface area contributed by atoms with Gasteiger partial charge in [-0.25, -0.2) is 15.0 Å². The van der Waals surface area contributed by atoms with Gasteiger partial charge in [-0.15, -0.1) is 0 Å². The Kier molecular flexibility index (Phi) is 4.26. The van der Waals surface area contributed by atoms with Crippen molar-refractivity contribution in [3.63, 3.8) is 0 Å². The van der Waals surface area contributed by atoms with Crippen LogP contribution in [0.2, 0.25) is 0 Å². The highest BCUT2D eigenvalue weighted by atomic mass is 31.2. The van der Waals surface area contributed by atoms with Crippen molar-refractivity contribution < 1.29 is 32.3 Å². The number of anilines is 1. The van der Waals surface area contributed by atoms with Crippen LogP contribution in [0.4, 0.5) is 19.0 Å². The van der Waals surface area contributed by atoms with E-state index in [1.54, 1.807) is 0 Å². The number of hydrogen-bond donors (Lipinski definition) is 3. The van der Waals surface area contributed by atoms with Crippen LogP contribution in [0, 0.1) is 5.41 Å². The lowest BCUT2D eigenvalue weighted by Gasteiger charge is -2.30. The molecule has 2 atom stereocenters. The molecule has 25 heavy (non-hydrogen) atoms. The van der Waals surface area contributed by atoms with Gasteiger partial charge in [-0.2, -0.15) is 13.2 Å². The van der Waals surface area contributed by atoms with Gasteiger partial charge in [0.1, 0.15) is 18.1 Å². The number of alkyl halides is 3. The van der Waals surface area contributed by atoms with Crippen molar-refractivity contribution >= 4 is 24.6 Å². The van der Waals surface area contributed by atoms with E-state index in [0.717, 1.165) is 6.33 Å². The van der Waals surface area contributed by atoms with Gasteiger partial charge in [0.2, 0.25) is 0 Å². The Morgan fingerprint density at radius 1 is 1.40 bits per heavy atom. The molecule has 1 saturated heterocycles. The lowest BCUT2D eigenvalue weighted by Crippen LogP contribution is -2.39. The van der Waals surface area contributed by atoms with Crippen molar-refractivity contribution in [2.45, 2.75) is 25.2 Å². The molecule has 2 aromatic heterocycles. The first-order chi connectivity index (χ1) is 11.5. The highest BCUT2D eigenvalue weighted by Crippen LogP contribution is 2.54. The number of nitrogens with zero attached hydrogens (tertiary/aromatic N) is 4. The smallest absolute Gasteiger partial charge is 0.382 e. The Hall–Kier alpha value is -1.75. The fraction of sp³-hybridized carbons (Fsp3) is 0.583. The normalized spacial score (nSPS) is 24.9. The van der Waals surface area contributed by atoms with E-state index in [0.29, 0.717) is 0 Å². The number of nitrogen functional groups attached to an aromatic ring is 1. The molecule has 3 heterocycles. The fourth-order valence-corrected chi connectivity index (χ4v) is 3.56. The summed E-state index contributed by atoms with van der Waals surface area (Å²) in [5, 5.41) is 0. The van der Waals surface area contributed by atoms with Gasteiger partial charge in [-0.05, 0) is 6.42 Å². The highest BCUT2D eigenvalue weighted by molar-refractivity contribution is 7.51. The molecule has 2 unspecified atom stereocenters. The summed E-state index contributed by atoms with van der Waals surface area (Å²) < 4.78 is 58.4. The quantitative estimate of drug-likeness (QED) is 0.677. The first-order valence-corrected chi connectivity index (χ1v) is 8.98. The lowest BCUT2D eigenvalue weighted by atomic mass is 9.83. The molecule has 4 N–H and O–H groups in total. The van der Waals surface area contributed by atoms with Gasteiger partial charge in [0, 0.05) is 6.42 Å². The summed E-state index contributed by atoms with van der Waals surface area (Å²) in [5.74, 6) is 0.0883. The first-order valence-electron chi connectivity index (χ1n) is 7.18. The number of halogens is 3. The Bertz CT molecular complexity index is 838. The standard InChI is InChI=1S/C12H15F3N5O4P/c13-12(14,15)11(1-2-25(21,22)23)3-7(24-4-11)20-6-19-8-9(16)17-5-18-10(8)20/h5-7H,1-4H2,(H2,16,17,18)(H2,21,22,23). The first kappa shape index (κ1) is 18.1. The van der Waals surface area contributed by atoms with Crippen molar-refractivity contribution in [1.82, 2.24) is 19.5 Å². The van der Waals surface area contributed by atoms with Gasteiger partial charge < -0.3 is 20.3 Å². The van der Waals surface area contributed by atoms with E-state index >= 15 is 0 Å². The van der Waals surface area contributed by atoms with E-state index in [4.69, 9.17) is 20.3 Å². The maximum Gasteiger partial charge on any atom is 0.396 e. The van der Waals surface area contributed by atoms with Crippen LogP contribution in [0.5, 0.6) is 0 Å². The number of fused-ring (bicyclic) bond motifs is 1. The fourth-order valence-electron chi connectivity index (χ4n) is 2.84. The third-order valence-electron chi connectivity index (χ3n) is 4.30. The van der Waals surface area contributed by atoms with Gasteiger partial charge in [0.25, 0.3) is 0 Å². The minimum atomic E-state index is -4.68. The van der Waals surface area contributed by atoms with Crippen molar-refractivity contribution in [3.8, 4) is 0 Å². The molecule has 1 fully saturated rings. The van der Waals surface area contributed by atoms with Crippen molar-refractivity contribution in [1.29, 1.82) is 0 Å². The number of nitrogens with two attached hydrogens (primary N) is 1. The van der Waals surface area contributed by atoms with Gasteiger partial charge in [0.15, 0.2) is 11.5 Å². The largest absolute Gasteiger partial charge is 0.396 e. The van der Waals surface area contributed by atoms with Crippen LogP contribution in [0.25, 0.3) is 11.2 Å². The second kappa shape index (κ2) is 5.90. The Balaban J connectivity index is 1.91. The predicted molar refractivity (Wildman–Crippen MR) is 79.4 cm³/mol. The third kappa shape index (κ3) is 3.34. The van der Waals surface area contributed by atoms with E-state index in [2.05, 4.69) is 15.0 Å². The zero-order chi connectivity index (χ0) is 18.5. The second-order valence-electron chi connectivity index (χ2n) is 5.97. The van der Waals surface area contributed by atoms with Crippen LogP contribution >= 0.6 is 7.60 Å². The summed E-state index contributed by atoms with van der Waals surface area (Å²) in [7, 11) is -4.57. The average Bonchev–Trinajstić information content (AvgIpc) is 3.08. The highest BCUT2D eigenvalue weighted by Gasteiger charge is 2.59. The van der Waals surface area contributed by atoms with Crippen molar-refractivity contribution in [2.24, 2.45) is 5.41 Å². The second-order valence-corrected chi connectivity index (χ2v) is 7.75. The summed E-state index contributed by atoms with van der Waals surface area (Å²) in [5.41, 5.74) is 3.77. The molecule has 2 aromatic rings. The number of hydrogen-bond acceptors (Lipinski definition) is 6. The number of imidazole rings is 1. The number of rotatable bonds is 4. The van der Waals surface area contributed by atoms with Crippen LogP contribution in [0.1, 0.15) is 19.1 Å². The molecule has 0 aromatic carbocycles. The molecule has 0 radical (unpaired) electrons. The molecule has 1 aliphatic heterocycles. The molecular formula is C12H15F3N5O4P. The monoisotopic (exact) mass is 381 g/mol. The molecule has 3 rings (SSSR count). The van der Waals surface area contributed by atoms with Crippen LogP contribution in [0.3, 0.4) is 0 Å². The van der Waals surface area contributed by atoms with Crippen molar-refractivity contribution in [3.05, 3.63) is 12.7 Å². The Labute approximate surface area is 139 Å². The van der Waals surface area contributed by atoms with E-state index < -0.39 is 51.0 Å². The summed E-state index contributed by atoms with van der Waals surface area (Å²) in [6, 6.07) is 0. The van der Waals surface area contributed by atoms with Crippen LogP contribution in [-0.2, 0) is 9.30 Å². The van der Waals surface area contributed by atoms with Crippen LogP contribution < -0.4 is 5.73 Å². The summed E-state index contributed by atoms with van der Waals surface area (Å²) in [6.07, 6.45) is -5.40. The molecule has 0 amide bonds. The maximum atomic E-state index is 13.6. The molecular weight excluding hydrogens is 366 g/mol. The molecule has 0 bridgehead atoms. The minimum absolute atomic E-state index is 0.0883. The van der Waals surface area contributed by atoms with E-state index in [1.165, 1.54) is 10.9 Å². The third-order valence-corrected chi connectivity index (χ3v) is 5.10. The minimum Gasteiger partial charge on any atom is -0.382 e. The number of ether oxygens (including phenoxy) is 1. The van der Waals surface area contributed by atoms with Crippen molar-refractivity contribution in [2.75, 3.05) is 18.5 Å². The summed E-state index contributed by atoms with van der Waals surface area (Å²) in [6.45, 7) is -0.707. The molecule has 0 aliphatic carbocycles. The topological polar surface area (TPSA) is 136 Å². The Morgan fingerprint density at radius 3 is 2.76 bits per heavy atom. The van der Waals surface area contributed by atoms with E-state index in [1.807, 2.05) is 0 Å². The summed E-state index contributed by atoms with van der Waals surface area (Å²) in [4.78, 5) is 29.6. The maximum absolute atomic E-state index is 13.6. The molecule has 1 aliphatic rings. The zero-order valence-electron chi connectivity index (χ0n) is 12.7. The molecule has 9 nitrogen and oxygen atoms in total. The lowest BCUT2D eigenvalue weighted by molar-refractivity contribution is -0.223. The summed E-state index contributed by atoms with van der Waals surface area (Å²) >= 11 is 0. The average molecular weight is 381 g/mol. The van der Waals surface area contributed by atoms with Gasteiger partial charge >= 0.3 is 13.8 Å². The van der Waals surface area contributed by atoms with Gasteiger partial charge in [-0.1, -0.05) is 0 Å². The number of aromatic nitrogens is 4. The van der Waals surface area contributed by atoms with E-state index in [9.17, 15) is 17.7 Å². The van der Waals surface area contributed by atoms with Gasteiger partial charge in [0.05, 0.1) is 24.5 Å². The molecule has 0 spiro atoms. The Morgan fingerprint density at radius 2 is 2.12 bits per heavy atom. The molecule has 0 saturated carbocycles.